The van der Waals surface area contributed by atoms with E-state index >= 15 is 0 Å². The third-order valence-electron chi connectivity index (χ3n) is 1.73. The normalized spacial score (nSPS) is 14.8. The van der Waals surface area contributed by atoms with Gasteiger partial charge in [0.2, 0.25) is 0 Å². The summed E-state index contributed by atoms with van der Waals surface area (Å²) < 4.78 is 0. The molecule has 1 aromatic carbocycles. The fourth-order valence-corrected chi connectivity index (χ4v) is 2.13. The van der Waals surface area contributed by atoms with Gasteiger partial charge >= 0.3 is 0 Å². The molecule has 0 atom stereocenters. The van der Waals surface area contributed by atoms with Crippen molar-refractivity contribution in [3.63, 3.8) is 0 Å². The van der Waals surface area contributed by atoms with E-state index in [9.17, 15) is 0 Å². The van der Waals surface area contributed by atoms with Crippen LogP contribution in [0.3, 0.4) is 0 Å². The summed E-state index contributed by atoms with van der Waals surface area (Å²) in [6, 6.07) is 9.84. The number of benzene rings is 1. The molecular formula is C9H8Si. The summed E-state index contributed by atoms with van der Waals surface area (Å²) in [7, 11) is 0.988. The summed E-state index contributed by atoms with van der Waals surface area (Å²) in [5.74, 6) is 0. The van der Waals surface area contributed by atoms with Crippen LogP contribution in [0, 0.1) is 0 Å². The van der Waals surface area contributed by atoms with Crippen molar-refractivity contribution >= 4 is 15.6 Å². The van der Waals surface area contributed by atoms with Crippen LogP contribution in [-0.2, 0) is 6.04 Å². The maximum absolute atomic E-state index is 2.27. The van der Waals surface area contributed by atoms with Crippen LogP contribution in [0.5, 0.6) is 0 Å². The SMILES string of the molecule is C1=Cc2ccccc2C[Si]1. The van der Waals surface area contributed by atoms with E-state index in [1.165, 1.54) is 17.2 Å². The molecule has 1 aliphatic heterocycles. The van der Waals surface area contributed by atoms with Crippen molar-refractivity contribution in [1.82, 2.24) is 0 Å². The Labute approximate surface area is 63.4 Å². The molecule has 1 heteroatoms. The molecule has 0 fully saturated rings. The second-order valence-corrected chi connectivity index (χ2v) is 3.51. The molecule has 0 nitrogen and oxygen atoms in total. The zero-order valence-corrected chi connectivity index (χ0v) is 6.67. The molecule has 0 bridgehead atoms. The average Bonchev–Trinajstić information content (AvgIpc) is 2.05. The quantitative estimate of drug-likeness (QED) is 0.488. The molecular weight excluding hydrogens is 136 g/mol. The predicted octanol–water partition coefficient (Wildman–Crippen LogP) is 1.88. The van der Waals surface area contributed by atoms with Crippen molar-refractivity contribution in [3.8, 4) is 0 Å². The van der Waals surface area contributed by atoms with Crippen LogP contribution in [0.25, 0.3) is 6.08 Å². The molecule has 0 aliphatic carbocycles. The standard InChI is InChI=1S/C9H8Si/c1-2-4-9-7-10-6-5-8(9)3-1/h1-6H,7H2. The zero-order valence-electron chi connectivity index (χ0n) is 5.67. The Balaban J connectivity index is 2.54. The Kier molecular flexibility index (Phi) is 1.44. The minimum Gasteiger partial charge on any atom is -0.0979 e. The molecule has 2 radical (unpaired) electrons. The smallest absolute Gasteiger partial charge is 0.0751 e. The van der Waals surface area contributed by atoms with Gasteiger partial charge in [0.05, 0.1) is 9.52 Å². The lowest BCUT2D eigenvalue weighted by Gasteiger charge is -2.07. The maximum Gasteiger partial charge on any atom is 0.0751 e. The van der Waals surface area contributed by atoms with Crippen molar-refractivity contribution in [1.29, 1.82) is 0 Å². The molecule has 1 aliphatic rings. The lowest BCUT2D eigenvalue weighted by atomic mass is 10.1. The molecule has 0 N–H and O–H groups in total. The Morgan fingerprint density at radius 3 is 3.00 bits per heavy atom. The molecule has 10 heavy (non-hydrogen) atoms. The van der Waals surface area contributed by atoms with E-state index in [0.717, 1.165) is 9.52 Å². The minimum absolute atomic E-state index is 0.988. The van der Waals surface area contributed by atoms with E-state index in [0.29, 0.717) is 0 Å². The van der Waals surface area contributed by atoms with Gasteiger partial charge in [-0.25, -0.2) is 0 Å². The summed E-state index contributed by atoms with van der Waals surface area (Å²) in [5, 5.41) is 0. The van der Waals surface area contributed by atoms with Crippen molar-refractivity contribution < 1.29 is 0 Å². The number of fused-ring (bicyclic) bond motifs is 1. The summed E-state index contributed by atoms with van der Waals surface area (Å²) in [5.41, 5.74) is 5.17. The molecule has 0 aromatic heterocycles. The zero-order chi connectivity index (χ0) is 6.81. The van der Waals surface area contributed by atoms with Crippen molar-refractivity contribution in [2.45, 2.75) is 6.04 Å². The minimum atomic E-state index is 0.988. The van der Waals surface area contributed by atoms with Gasteiger partial charge in [-0.2, -0.15) is 0 Å². The third-order valence-corrected chi connectivity index (χ3v) is 2.72. The topological polar surface area (TPSA) is 0 Å². The van der Waals surface area contributed by atoms with Gasteiger partial charge in [-0.15, -0.1) is 0 Å². The Bertz CT molecular complexity index is 263. The highest BCUT2D eigenvalue weighted by Gasteiger charge is 2.01. The molecule has 2 rings (SSSR count). The van der Waals surface area contributed by atoms with Crippen LogP contribution in [-0.4, -0.2) is 9.52 Å². The van der Waals surface area contributed by atoms with E-state index < -0.39 is 0 Å². The van der Waals surface area contributed by atoms with E-state index in [4.69, 9.17) is 0 Å². The van der Waals surface area contributed by atoms with Crippen LogP contribution < -0.4 is 0 Å². The first-order valence-corrected chi connectivity index (χ1v) is 4.73. The van der Waals surface area contributed by atoms with Crippen LogP contribution >= 0.6 is 0 Å². The van der Waals surface area contributed by atoms with E-state index in [-0.39, 0.29) is 0 Å². The summed E-state index contributed by atoms with van der Waals surface area (Å²) in [4.78, 5) is 0. The molecule has 0 saturated carbocycles. The lowest BCUT2D eigenvalue weighted by molar-refractivity contribution is 1.36. The fourth-order valence-electron chi connectivity index (χ4n) is 1.18. The van der Waals surface area contributed by atoms with E-state index in [1.54, 1.807) is 0 Å². The van der Waals surface area contributed by atoms with Crippen LogP contribution in [0.15, 0.2) is 30.0 Å². The monoisotopic (exact) mass is 144 g/mol. The van der Waals surface area contributed by atoms with Crippen LogP contribution in [0.1, 0.15) is 11.1 Å². The number of hydrogen-bond acceptors (Lipinski definition) is 0. The Hall–Kier alpha value is -0.823. The second kappa shape index (κ2) is 2.43. The number of rotatable bonds is 0. The molecule has 0 spiro atoms. The van der Waals surface area contributed by atoms with Gasteiger partial charge in [-0.05, 0) is 17.2 Å². The van der Waals surface area contributed by atoms with Gasteiger partial charge in [-0.1, -0.05) is 36.0 Å². The second-order valence-electron chi connectivity index (χ2n) is 2.41. The lowest BCUT2D eigenvalue weighted by Crippen LogP contribution is -2.00. The van der Waals surface area contributed by atoms with Crippen LogP contribution in [0.4, 0.5) is 0 Å². The maximum atomic E-state index is 2.27. The summed E-state index contributed by atoms with van der Waals surface area (Å²) in [6.45, 7) is 0. The van der Waals surface area contributed by atoms with Gasteiger partial charge < -0.3 is 0 Å². The first-order chi connectivity index (χ1) is 4.97. The summed E-state index contributed by atoms with van der Waals surface area (Å²) >= 11 is 0. The predicted molar refractivity (Wildman–Crippen MR) is 44.9 cm³/mol. The Morgan fingerprint density at radius 2 is 2.10 bits per heavy atom. The highest BCUT2D eigenvalue weighted by Crippen LogP contribution is 2.13. The van der Waals surface area contributed by atoms with Gasteiger partial charge in [0.25, 0.3) is 0 Å². The molecule has 0 amide bonds. The molecule has 1 aromatic rings. The molecule has 48 valence electrons. The van der Waals surface area contributed by atoms with Crippen molar-refractivity contribution in [2.24, 2.45) is 0 Å². The molecule has 0 unspecified atom stereocenters. The van der Waals surface area contributed by atoms with E-state index in [1.807, 2.05) is 0 Å². The van der Waals surface area contributed by atoms with Crippen molar-refractivity contribution in [3.05, 3.63) is 41.1 Å². The molecule has 1 heterocycles. The highest BCUT2D eigenvalue weighted by atomic mass is 28.2. The van der Waals surface area contributed by atoms with Crippen LogP contribution in [0.2, 0.25) is 0 Å². The molecule has 0 saturated heterocycles. The van der Waals surface area contributed by atoms with Crippen molar-refractivity contribution in [2.75, 3.05) is 0 Å². The van der Waals surface area contributed by atoms with Gasteiger partial charge in [-0.3, -0.25) is 0 Å². The van der Waals surface area contributed by atoms with Gasteiger partial charge in [0.1, 0.15) is 0 Å². The number of hydrogen-bond donors (Lipinski definition) is 0. The van der Waals surface area contributed by atoms with Gasteiger partial charge in [0, 0.05) is 0 Å². The van der Waals surface area contributed by atoms with Gasteiger partial charge in [0.15, 0.2) is 0 Å². The third kappa shape index (κ3) is 0.928. The largest absolute Gasteiger partial charge is 0.0979 e. The first-order valence-electron chi connectivity index (χ1n) is 3.45. The Morgan fingerprint density at radius 1 is 1.20 bits per heavy atom. The highest BCUT2D eigenvalue weighted by molar-refractivity contribution is 6.43. The summed E-state index contributed by atoms with van der Waals surface area (Å²) in [6.07, 6.45) is 2.22. The van der Waals surface area contributed by atoms with E-state index in [2.05, 4.69) is 36.0 Å². The average molecular weight is 144 g/mol. The first kappa shape index (κ1) is 5.92. The fraction of sp³-hybridized carbons (Fsp3) is 0.111.